The Morgan fingerprint density at radius 2 is 1.95 bits per heavy atom. The van der Waals surface area contributed by atoms with Gasteiger partial charge in [0.1, 0.15) is 0 Å². The first-order valence-electron chi connectivity index (χ1n) is 7.76. The maximum atomic E-state index is 6.02. The van der Waals surface area contributed by atoms with Crippen molar-refractivity contribution in [1.29, 1.82) is 0 Å². The topological polar surface area (TPSA) is 47.1 Å². The molecule has 0 radical (unpaired) electrons. The molecule has 0 atom stereocenters. The van der Waals surface area contributed by atoms with Crippen LogP contribution in [-0.4, -0.2) is 33.3 Å². The van der Waals surface area contributed by atoms with Gasteiger partial charge < -0.3 is 5.73 Å². The van der Waals surface area contributed by atoms with Gasteiger partial charge in [-0.2, -0.15) is 5.10 Å². The zero-order valence-corrected chi connectivity index (χ0v) is 14.5. The first-order chi connectivity index (χ1) is 9.56. The molecule has 1 aliphatic carbocycles. The molecule has 0 spiro atoms. The fraction of sp³-hybridized carbons (Fsp3) is 0.800. The molecule has 0 aromatic carbocycles. The normalized spacial score (nSPS) is 23.5. The van der Waals surface area contributed by atoms with Crippen LogP contribution in [0.2, 0.25) is 0 Å². The summed E-state index contributed by atoms with van der Waals surface area (Å²) in [6, 6.07) is 1.09. The van der Waals surface area contributed by atoms with E-state index in [9.17, 15) is 0 Å². The molecule has 0 unspecified atom stereocenters. The van der Waals surface area contributed by atoms with Gasteiger partial charge in [0.15, 0.2) is 0 Å². The Bertz CT molecular complexity index is 435. The monoisotopic (exact) mass is 342 g/mol. The van der Waals surface area contributed by atoms with E-state index in [1.54, 1.807) is 0 Å². The summed E-state index contributed by atoms with van der Waals surface area (Å²) in [7, 11) is 2.05. The van der Waals surface area contributed by atoms with Crippen LogP contribution in [0.5, 0.6) is 0 Å². The standard InChI is InChI=1S/C15H27BrN4/c1-4-13-15(16)14(19(3)18-13)10-20(5-2)12-8-6-11(17)7-9-12/h11-12H,4-10,17H2,1-3H3. The quantitative estimate of drug-likeness (QED) is 0.894. The van der Waals surface area contributed by atoms with Crippen molar-refractivity contribution in [3.63, 3.8) is 0 Å². The van der Waals surface area contributed by atoms with Crippen LogP contribution < -0.4 is 5.73 Å². The highest BCUT2D eigenvalue weighted by Crippen LogP contribution is 2.27. The van der Waals surface area contributed by atoms with E-state index < -0.39 is 0 Å². The van der Waals surface area contributed by atoms with Gasteiger partial charge in [-0.15, -0.1) is 0 Å². The minimum atomic E-state index is 0.417. The van der Waals surface area contributed by atoms with E-state index in [4.69, 9.17) is 5.73 Å². The Kier molecular flexibility index (Phi) is 5.64. The van der Waals surface area contributed by atoms with Crippen LogP contribution in [0.15, 0.2) is 4.47 Å². The van der Waals surface area contributed by atoms with Gasteiger partial charge in [0.25, 0.3) is 0 Å². The maximum Gasteiger partial charge on any atom is 0.0767 e. The second kappa shape index (κ2) is 7.05. The zero-order valence-electron chi connectivity index (χ0n) is 12.9. The van der Waals surface area contributed by atoms with E-state index in [0.717, 1.165) is 38.0 Å². The summed E-state index contributed by atoms with van der Waals surface area (Å²) in [5, 5.41) is 4.60. The van der Waals surface area contributed by atoms with E-state index in [0.29, 0.717) is 12.1 Å². The van der Waals surface area contributed by atoms with Gasteiger partial charge in [-0.05, 0) is 54.6 Å². The Morgan fingerprint density at radius 3 is 2.45 bits per heavy atom. The van der Waals surface area contributed by atoms with Crippen molar-refractivity contribution >= 4 is 15.9 Å². The van der Waals surface area contributed by atoms with Crippen LogP contribution in [0.4, 0.5) is 0 Å². The Labute approximate surface area is 130 Å². The molecule has 1 aliphatic rings. The molecule has 2 N–H and O–H groups in total. The molecule has 1 aromatic rings. The van der Waals surface area contributed by atoms with Crippen molar-refractivity contribution < 1.29 is 0 Å². The van der Waals surface area contributed by atoms with E-state index in [2.05, 4.69) is 39.8 Å². The smallest absolute Gasteiger partial charge is 0.0767 e. The van der Waals surface area contributed by atoms with Crippen LogP contribution in [0.25, 0.3) is 0 Å². The molecule has 1 heterocycles. The van der Waals surface area contributed by atoms with Gasteiger partial charge in [0.05, 0.1) is 15.9 Å². The lowest BCUT2D eigenvalue weighted by Crippen LogP contribution is -2.40. The maximum absolute atomic E-state index is 6.02. The first kappa shape index (κ1) is 16.0. The van der Waals surface area contributed by atoms with Crippen LogP contribution in [0.1, 0.15) is 50.9 Å². The molecule has 0 bridgehead atoms. The van der Waals surface area contributed by atoms with Gasteiger partial charge in [-0.25, -0.2) is 0 Å². The molecule has 0 amide bonds. The molecule has 0 aliphatic heterocycles. The predicted octanol–water partition coefficient (Wildman–Crippen LogP) is 2.84. The molecule has 20 heavy (non-hydrogen) atoms. The summed E-state index contributed by atoms with van der Waals surface area (Å²) >= 11 is 3.72. The third-order valence-corrected chi connectivity index (χ3v) is 5.44. The number of hydrogen-bond acceptors (Lipinski definition) is 3. The van der Waals surface area contributed by atoms with Crippen molar-refractivity contribution in [3.8, 4) is 0 Å². The number of hydrogen-bond donors (Lipinski definition) is 1. The summed E-state index contributed by atoms with van der Waals surface area (Å²) in [5.41, 5.74) is 8.47. The molecule has 4 nitrogen and oxygen atoms in total. The number of aryl methyl sites for hydroxylation is 2. The Morgan fingerprint density at radius 1 is 1.30 bits per heavy atom. The second-order valence-corrected chi connectivity index (χ2v) is 6.61. The zero-order chi connectivity index (χ0) is 14.7. The average molecular weight is 343 g/mol. The average Bonchev–Trinajstić information content (AvgIpc) is 2.72. The summed E-state index contributed by atoms with van der Waals surface area (Å²) in [6.45, 7) is 6.45. The van der Waals surface area contributed by atoms with Crippen LogP contribution in [0, 0.1) is 0 Å². The lowest BCUT2D eigenvalue weighted by molar-refractivity contribution is 0.146. The number of aromatic nitrogens is 2. The van der Waals surface area contributed by atoms with Crippen molar-refractivity contribution in [3.05, 3.63) is 15.9 Å². The fourth-order valence-corrected chi connectivity index (χ4v) is 3.89. The molecule has 1 aromatic heterocycles. The van der Waals surface area contributed by atoms with Crippen molar-refractivity contribution in [1.82, 2.24) is 14.7 Å². The highest BCUT2D eigenvalue weighted by Gasteiger charge is 2.25. The highest BCUT2D eigenvalue weighted by atomic mass is 79.9. The molecular formula is C15H27BrN4. The largest absolute Gasteiger partial charge is 0.328 e. The van der Waals surface area contributed by atoms with Gasteiger partial charge in [0, 0.05) is 25.7 Å². The third-order valence-electron chi connectivity index (χ3n) is 4.52. The van der Waals surface area contributed by atoms with E-state index >= 15 is 0 Å². The van der Waals surface area contributed by atoms with Crippen molar-refractivity contribution in [2.45, 2.75) is 64.6 Å². The molecule has 2 rings (SSSR count). The SMILES string of the molecule is CCc1nn(C)c(CN(CC)C2CCC(N)CC2)c1Br. The lowest BCUT2D eigenvalue weighted by Gasteiger charge is -2.35. The molecule has 1 saturated carbocycles. The lowest BCUT2D eigenvalue weighted by atomic mass is 9.90. The number of nitrogens with two attached hydrogens (primary N) is 1. The molecule has 114 valence electrons. The van der Waals surface area contributed by atoms with Gasteiger partial charge in [-0.3, -0.25) is 9.58 Å². The van der Waals surface area contributed by atoms with Gasteiger partial charge in [0.2, 0.25) is 0 Å². The number of rotatable bonds is 5. The first-order valence-corrected chi connectivity index (χ1v) is 8.55. The van der Waals surface area contributed by atoms with Crippen molar-refractivity contribution in [2.75, 3.05) is 6.54 Å². The Balaban J connectivity index is 2.08. The Hall–Kier alpha value is -0.390. The third kappa shape index (κ3) is 3.43. The fourth-order valence-electron chi connectivity index (χ4n) is 3.15. The van der Waals surface area contributed by atoms with Crippen LogP contribution >= 0.6 is 15.9 Å². The van der Waals surface area contributed by atoms with E-state index in [1.165, 1.54) is 23.0 Å². The molecule has 5 heteroatoms. The number of halogens is 1. The van der Waals surface area contributed by atoms with Crippen LogP contribution in [-0.2, 0) is 20.0 Å². The van der Waals surface area contributed by atoms with E-state index in [-0.39, 0.29) is 0 Å². The van der Waals surface area contributed by atoms with Gasteiger partial charge >= 0.3 is 0 Å². The highest BCUT2D eigenvalue weighted by molar-refractivity contribution is 9.10. The summed E-state index contributed by atoms with van der Waals surface area (Å²) in [5.74, 6) is 0. The molecule has 0 saturated heterocycles. The van der Waals surface area contributed by atoms with E-state index in [1.807, 2.05) is 11.7 Å². The van der Waals surface area contributed by atoms with Crippen LogP contribution in [0.3, 0.4) is 0 Å². The second-order valence-electron chi connectivity index (χ2n) is 5.82. The van der Waals surface area contributed by atoms with Gasteiger partial charge in [-0.1, -0.05) is 13.8 Å². The predicted molar refractivity (Wildman–Crippen MR) is 86.6 cm³/mol. The van der Waals surface area contributed by atoms with Crippen molar-refractivity contribution in [2.24, 2.45) is 12.8 Å². The minimum absolute atomic E-state index is 0.417. The number of nitrogens with zero attached hydrogens (tertiary/aromatic N) is 3. The summed E-state index contributed by atoms with van der Waals surface area (Å²) < 4.78 is 3.22. The molecular weight excluding hydrogens is 316 g/mol. The summed E-state index contributed by atoms with van der Waals surface area (Å²) in [4.78, 5) is 2.58. The molecule has 1 fully saturated rings. The summed E-state index contributed by atoms with van der Waals surface area (Å²) in [6.07, 6.45) is 5.75. The minimum Gasteiger partial charge on any atom is -0.328 e.